The van der Waals surface area contributed by atoms with Gasteiger partial charge >= 0.3 is 5.51 Å². The van der Waals surface area contributed by atoms with Gasteiger partial charge in [-0.3, -0.25) is 9.69 Å². The van der Waals surface area contributed by atoms with E-state index in [2.05, 4.69) is 0 Å². The fraction of sp³-hybridized carbons (Fsp3) is 0.304. The molecule has 3 aromatic rings. The smallest absolute Gasteiger partial charge is 0.501 e. The Hall–Kier alpha value is -3.23. The average Bonchev–Trinajstić information content (AvgIpc) is 3.10. The summed E-state index contributed by atoms with van der Waals surface area (Å²) in [5.74, 6) is -0.708. The van der Waals surface area contributed by atoms with Gasteiger partial charge in [0.05, 0.1) is 28.1 Å². The van der Waals surface area contributed by atoms with Gasteiger partial charge in [-0.1, -0.05) is 18.2 Å². The van der Waals surface area contributed by atoms with E-state index in [-0.39, 0.29) is 24.4 Å². The number of imidazole rings is 1. The predicted octanol–water partition coefficient (Wildman–Crippen LogP) is 3.20. The first-order valence-electron chi connectivity index (χ1n) is 11.0. The van der Waals surface area contributed by atoms with Crippen LogP contribution in [0.2, 0.25) is 0 Å². The number of sulfone groups is 1. The maximum Gasteiger partial charge on any atom is 0.501 e. The number of para-hydroxylation sites is 1. The van der Waals surface area contributed by atoms with E-state index in [0.29, 0.717) is 23.6 Å². The molecule has 200 valence electrons. The van der Waals surface area contributed by atoms with Crippen LogP contribution in [0.25, 0.3) is 17.1 Å². The van der Waals surface area contributed by atoms with Crippen molar-refractivity contribution in [3.63, 3.8) is 0 Å². The number of benzene rings is 2. The van der Waals surface area contributed by atoms with Gasteiger partial charge in [0, 0.05) is 36.7 Å². The first-order valence-corrected chi connectivity index (χ1v) is 14.1. The molecule has 2 aromatic carbocycles. The van der Waals surface area contributed by atoms with E-state index in [1.54, 1.807) is 41.8 Å². The molecule has 0 bridgehead atoms. The molecule has 1 heterocycles. The summed E-state index contributed by atoms with van der Waals surface area (Å²) in [5.41, 5.74) is -4.50. The molecule has 0 saturated carbocycles. The summed E-state index contributed by atoms with van der Waals surface area (Å²) < 4.78 is 100. The third-order valence-electron chi connectivity index (χ3n) is 5.54. The number of aromatic nitrogens is 2. The lowest BCUT2D eigenvalue weighted by Crippen LogP contribution is -2.35. The minimum atomic E-state index is -5.65. The minimum absolute atomic E-state index is 0.0872. The van der Waals surface area contributed by atoms with Gasteiger partial charge in [0.25, 0.3) is 15.7 Å². The molecular weight excluding hydrogens is 535 g/mol. The topological polar surface area (TPSA) is 120 Å². The summed E-state index contributed by atoms with van der Waals surface area (Å²) in [4.78, 5) is 12.7. The second kappa shape index (κ2) is 10.6. The van der Waals surface area contributed by atoms with Crippen molar-refractivity contribution in [3.05, 3.63) is 60.6 Å². The van der Waals surface area contributed by atoms with Crippen LogP contribution in [0.5, 0.6) is 0 Å². The molecule has 0 saturated heterocycles. The molecule has 3 rings (SSSR count). The summed E-state index contributed by atoms with van der Waals surface area (Å²) in [5, 5.41) is 0. The molecule has 0 atom stereocenters. The third-order valence-corrected chi connectivity index (χ3v) is 7.81. The van der Waals surface area contributed by atoms with Gasteiger partial charge in [-0.2, -0.15) is 13.2 Å². The molecule has 9 nitrogen and oxygen atoms in total. The Kier molecular flexibility index (Phi) is 8.15. The average molecular weight is 560 g/mol. The number of carbonyl (C=O) groups is 1. The zero-order valence-electron chi connectivity index (χ0n) is 19.8. The lowest BCUT2D eigenvalue weighted by atomic mass is 10.3. The Bertz CT molecular complexity index is 1550. The molecule has 0 N–H and O–H groups in total. The molecule has 14 heteroatoms. The molecule has 1 aromatic heterocycles. The molecule has 0 radical (unpaired) electrons. The van der Waals surface area contributed by atoms with Crippen LogP contribution < -0.4 is 9.47 Å². The van der Waals surface area contributed by atoms with Crippen molar-refractivity contribution < 1.29 is 43.9 Å². The van der Waals surface area contributed by atoms with E-state index >= 15 is 0 Å². The largest absolute Gasteiger partial charge is 0.748 e. The zero-order chi connectivity index (χ0) is 27.6. The molecule has 0 aliphatic rings. The Balaban J connectivity index is 2.23. The van der Waals surface area contributed by atoms with E-state index in [0.717, 1.165) is 12.1 Å². The van der Waals surface area contributed by atoms with E-state index in [4.69, 9.17) is 0 Å². The van der Waals surface area contributed by atoms with Crippen molar-refractivity contribution >= 4 is 48.7 Å². The van der Waals surface area contributed by atoms with Crippen molar-refractivity contribution in [3.8, 4) is 0 Å². The van der Waals surface area contributed by atoms with Crippen LogP contribution >= 0.6 is 0 Å². The highest BCUT2D eigenvalue weighted by Crippen LogP contribution is 2.32. The van der Waals surface area contributed by atoms with Crippen LogP contribution in [-0.4, -0.2) is 43.1 Å². The zero-order valence-corrected chi connectivity index (χ0v) is 21.5. The number of amides is 1. The van der Waals surface area contributed by atoms with Gasteiger partial charge in [0.15, 0.2) is 11.0 Å². The normalized spacial score (nSPS) is 12.9. The van der Waals surface area contributed by atoms with Crippen molar-refractivity contribution in [2.45, 2.75) is 43.8 Å². The van der Waals surface area contributed by atoms with Gasteiger partial charge in [-0.25, -0.2) is 26.0 Å². The lowest BCUT2D eigenvalue weighted by Gasteiger charge is -2.16. The van der Waals surface area contributed by atoms with Crippen molar-refractivity contribution in [2.24, 2.45) is 0 Å². The minimum Gasteiger partial charge on any atom is -0.748 e. The number of hydrogen-bond acceptors (Lipinski definition) is 6. The van der Waals surface area contributed by atoms with Crippen LogP contribution in [0.1, 0.15) is 26.1 Å². The Morgan fingerprint density at radius 3 is 2.30 bits per heavy atom. The van der Waals surface area contributed by atoms with E-state index in [9.17, 15) is 39.4 Å². The summed E-state index contributed by atoms with van der Waals surface area (Å²) >= 11 is 0. The van der Waals surface area contributed by atoms with Crippen LogP contribution in [0, 0.1) is 0 Å². The third kappa shape index (κ3) is 6.19. The quantitative estimate of drug-likeness (QED) is 0.293. The van der Waals surface area contributed by atoms with Crippen molar-refractivity contribution in [2.75, 3.05) is 10.7 Å². The number of nitrogens with zero attached hydrogens (tertiary/aromatic N) is 3. The predicted molar refractivity (Wildman–Crippen MR) is 129 cm³/mol. The highest BCUT2D eigenvalue weighted by atomic mass is 32.2. The number of anilines is 1. The van der Waals surface area contributed by atoms with Gasteiger partial charge in [-0.15, -0.1) is 0 Å². The summed E-state index contributed by atoms with van der Waals surface area (Å²) in [6.07, 6.45) is 2.79. The van der Waals surface area contributed by atoms with Gasteiger partial charge < -0.3 is 4.55 Å². The summed E-state index contributed by atoms with van der Waals surface area (Å²) in [7, 11) is -10.2. The first kappa shape index (κ1) is 28.3. The molecule has 0 fully saturated rings. The monoisotopic (exact) mass is 559 g/mol. The van der Waals surface area contributed by atoms with Gasteiger partial charge in [0.2, 0.25) is 5.91 Å². The fourth-order valence-electron chi connectivity index (χ4n) is 3.89. The number of fused-ring (bicyclic) bond motifs is 1. The van der Waals surface area contributed by atoms with Crippen LogP contribution in [0.3, 0.4) is 0 Å². The maximum atomic E-state index is 13.2. The SMILES string of the molecule is CC[n+]1c(C=CN(C(C)=O)c2ccccc2)n(CCCS(=O)(=O)[O-])c2cc(S(=O)(=O)C(F)(F)F)ccc21. The molecular formula is C23H24F3N3O6S2. The molecule has 0 unspecified atom stereocenters. The highest BCUT2D eigenvalue weighted by Gasteiger charge is 2.47. The number of carbonyl (C=O) groups excluding carboxylic acids is 1. The highest BCUT2D eigenvalue weighted by molar-refractivity contribution is 7.92. The summed E-state index contributed by atoms with van der Waals surface area (Å²) in [6.45, 7) is 3.28. The number of aryl methyl sites for hydroxylation is 2. The Morgan fingerprint density at radius 1 is 1.11 bits per heavy atom. The number of halogens is 3. The molecule has 37 heavy (non-hydrogen) atoms. The van der Waals surface area contributed by atoms with E-state index in [1.165, 1.54) is 34.7 Å². The van der Waals surface area contributed by atoms with Crippen LogP contribution in [-0.2, 0) is 37.8 Å². The van der Waals surface area contributed by atoms with Crippen LogP contribution in [0.15, 0.2) is 59.6 Å². The van der Waals surface area contributed by atoms with Crippen molar-refractivity contribution in [1.82, 2.24) is 4.57 Å². The lowest BCUT2D eigenvalue weighted by molar-refractivity contribution is -0.670. The van der Waals surface area contributed by atoms with E-state index in [1.807, 2.05) is 0 Å². The van der Waals surface area contributed by atoms with E-state index < -0.39 is 36.1 Å². The molecule has 0 aliphatic heterocycles. The second-order valence-electron chi connectivity index (χ2n) is 8.01. The molecule has 1 amide bonds. The number of hydrogen-bond donors (Lipinski definition) is 0. The summed E-state index contributed by atoms with van der Waals surface area (Å²) in [6, 6.07) is 11.6. The first-order chi connectivity index (χ1) is 17.2. The molecule has 0 spiro atoms. The van der Waals surface area contributed by atoms with Crippen molar-refractivity contribution in [1.29, 1.82) is 0 Å². The van der Waals surface area contributed by atoms with Crippen LogP contribution in [0.4, 0.5) is 18.9 Å². The Labute approximate surface area is 212 Å². The van der Waals surface area contributed by atoms with Gasteiger partial charge in [0.1, 0.15) is 0 Å². The van der Waals surface area contributed by atoms with Gasteiger partial charge in [-0.05, 0) is 37.6 Å². The number of alkyl halides is 3. The Morgan fingerprint density at radius 2 is 1.76 bits per heavy atom. The standard InChI is InChI=1S/C23H24F3N3O6S2/c1-3-27-20-11-10-19(37(34,35)23(24,25)26)16-21(20)29(13-7-15-36(31,32)33)22(27)12-14-28(17(2)30)18-8-5-4-6-9-18/h4-6,8-12,14,16H,3,7,13,15H2,1-2H3. The number of rotatable bonds is 9. The molecule has 0 aliphatic carbocycles. The second-order valence-corrected chi connectivity index (χ2v) is 11.5. The maximum absolute atomic E-state index is 13.2. The fourth-order valence-corrected chi connectivity index (χ4v) is 5.15.